The highest BCUT2D eigenvalue weighted by atomic mass is 16.3. The predicted molar refractivity (Wildman–Crippen MR) is 51.8 cm³/mol. The van der Waals surface area contributed by atoms with Crippen LogP contribution in [0.1, 0.15) is 35.3 Å². The standard InChI is InChI=1S/C11H14O2/c1-8-4-5-9(7-12)6-10(8)11(2,3)13/h4-7,13H,1-3H3. The first-order valence-electron chi connectivity index (χ1n) is 4.24. The lowest BCUT2D eigenvalue weighted by Crippen LogP contribution is -2.17. The van der Waals surface area contributed by atoms with Crippen molar-refractivity contribution >= 4 is 6.29 Å². The molecule has 0 atom stereocenters. The highest BCUT2D eigenvalue weighted by Crippen LogP contribution is 2.23. The summed E-state index contributed by atoms with van der Waals surface area (Å²) in [6.45, 7) is 5.34. The Labute approximate surface area is 78.2 Å². The van der Waals surface area contributed by atoms with Gasteiger partial charge >= 0.3 is 0 Å². The summed E-state index contributed by atoms with van der Waals surface area (Å²) < 4.78 is 0. The van der Waals surface area contributed by atoms with Gasteiger partial charge in [0.25, 0.3) is 0 Å². The van der Waals surface area contributed by atoms with Crippen LogP contribution >= 0.6 is 0 Å². The average Bonchev–Trinajstić information content (AvgIpc) is 2.03. The predicted octanol–water partition coefficient (Wildman–Crippen LogP) is 2.03. The molecular formula is C11H14O2. The molecule has 0 bridgehead atoms. The molecule has 70 valence electrons. The molecule has 0 fully saturated rings. The molecule has 0 radical (unpaired) electrons. The van der Waals surface area contributed by atoms with Gasteiger partial charge in [0.15, 0.2) is 0 Å². The fourth-order valence-corrected chi connectivity index (χ4v) is 1.37. The Balaban J connectivity index is 3.27. The lowest BCUT2D eigenvalue weighted by Gasteiger charge is -2.20. The molecule has 1 N–H and O–H groups in total. The van der Waals surface area contributed by atoms with E-state index in [1.807, 2.05) is 13.0 Å². The summed E-state index contributed by atoms with van der Waals surface area (Å²) in [5, 5.41) is 9.77. The molecule has 0 saturated carbocycles. The molecule has 1 rings (SSSR count). The van der Waals surface area contributed by atoms with E-state index in [1.54, 1.807) is 26.0 Å². The Morgan fingerprint density at radius 2 is 2.00 bits per heavy atom. The molecule has 1 aromatic rings. The average molecular weight is 178 g/mol. The van der Waals surface area contributed by atoms with Crippen LogP contribution in [0.2, 0.25) is 0 Å². The number of rotatable bonds is 2. The van der Waals surface area contributed by atoms with Crippen LogP contribution in [-0.2, 0) is 5.60 Å². The maximum atomic E-state index is 10.5. The minimum Gasteiger partial charge on any atom is -0.386 e. The maximum absolute atomic E-state index is 10.5. The Morgan fingerprint density at radius 3 is 2.46 bits per heavy atom. The zero-order valence-electron chi connectivity index (χ0n) is 8.16. The number of carbonyl (C=O) groups is 1. The van der Waals surface area contributed by atoms with Crippen molar-refractivity contribution < 1.29 is 9.90 Å². The molecule has 0 saturated heterocycles. The molecule has 0 heterocycles. The summed E-state index contributed by atoms with van der Waals surface area (Å²) in [7, 11) is 0. The normalized spacial score (nSPS) is 11.4. The highest BCUT2D eigenvalue weighted by Gasteiger charge is 2.18. The van der Waals surface area contributed by atoms with Gasteiger partial charge in [-0.3, -0.25) is 4.79 Å². The summed E-state index contributed by atoms with van der Waals surface area (Å²) in [5.74, 6) is 0. The summed E-state index contributed by atoms with van der Waals surface area (Å²) in [6, 6.07) is 5.32. The van der Waals surface area contributed by atoms with Gasteiger partial charge in [-0.05, 0) is 38.0 Å². The van der Waals surface area contributed by atoms with Gasteiger partial charge in [-0.25, -0.2) is 0 Å². The van der Waals surface area contributed by atoms with E-state index in [9.17, 15) is 9.90 Å². The van der Waals surface area contributed by atoms with Crippen molar-refractivity contribution in [3.8, 4) is 0 Å². The van der Waals surface area contributed by atoms with Crippen molar-refractivity contribution in [3.05, 3.63) is 34.9 Å². The van der Waals surface area contributed by atoms with E-state index in [2.05, 4.69) is 0 Å². The molecule has 13 heavy (non-hydrogen) atoms. The number of aryl methyl sites for hydroxylation is 1. The Morgan fingerprint density at radius 1 is 1.38 bits per heavy atom. The Hall–Kier alpha value is -1.15. The van der Waals surface area contributed by atoms with Crippen LogP contribution in [0.25, 0.3) is 0 Å². The molecule has 0 spiro atoms. The lowest BCUT2D eigenvalue weighted by atomic mass is 9.92. The van der Waals surface area contributed by atoms with Gasteiger partial charge in [-0.15, -0.1) is 0 Å². The highest BCUT2D eigenvalue weighted by molar-refractivity contribution is 5.75. The molecule has 0 aliphatic carbocycles. The van der Waals surface area contributed by atoms with Gasteiger partial charge in [-0.2, -0.15) is 0 Å². The largest absolute Gasteiger partial charge is 0.386 e. The van der Waals surface area contributed by atoms with E-state index < -0.39 is 5.60 Å². The second kappa shape index (κ2) is 3.30. The van der Waals surface area contributed by atoms with Crippen molar-refractivity contribution in [2.75, 3.05) is 0 Å². The topological polar surface area (TPSA) is 37.3 Å². The molecule has 0 aromatic heterocycles. The lowest BCUT2D eigenvalue weighted by molar-refractivity contribution is 0.0778. The van der Waals surface area contributed by atoms with Crippen LogP contribution in [0.4, 0.5) is 0 Å². The molecule has 2 nitrogen and oxygen atoms in total. The van der Waals surface area contributed by atoms with Crippen LogP contribution in [0, 0.1) is 6.92 Å². The van der Waals surface area contributed by atoms with Crippen molar-refractivity contribution in [1.29, 1.82) is 0 Å². The van der Waals surface area contributed by atoms with Crippen LogP contribution in [0.3, 0.4) is 0 Å². The van der Waals surface area contributed by atoms with Crippen molar-refractivity contribution in [1.82, 2.24) is 0 Å². The summed E-state index contributed by atoms with van der Waals surface area (Å²) >= 11 is 0. The van der Waals surface area contributed by atoms with E-state index in [0.29, 0.717) is 5.56 Å². The van der Waals surface area contributed by atoms with Crippen LogP contribution in [-0.4, -0.2) is 11.4 Å². The van der Waals surface area contributed by atoms with Crippen molar-refractivity contribution in [2.24, 2.45) is 0 Å². The van der Waals surface area contributed by atoms with Gasteiger partial charge in [0.1, 0.15) is 6.29 Å². The molecule has 0 aliphatic heterocycles. The van der Waals surface area contributed by atoms with E-state index >= 15 is 0 Å². The molecular weight excluding hydrogens is 164 g/mol. The SMILES string of the molecule is Cc1ccc(C=O)cc1C(C)(C)O. The fraction of sp³-hybridized carbons (Fsp3) is 0.364. The molecule has 0 aliphatic rings. The maximum Gasteiger partial charge on any atom is 0.150 e. The van der Waals surface area contributed by atoms with E-state index in [-0.39, 0.29) is 0 Å². The number of hydrogen-bond acceptors (Lipinski definition) is 2. The smallest absolute Gasteiger partial charge is 0.150 e. The third-order valence-corrected chi connectivity index (χ3v) is 2.06. The summed E-state index contributed by atoms with van der Waals surface area (Å²) in [6.07, 6.45) is 0.786. The van der Waals surface area contributed by atoms with E-state index in [4.69, 9.17) is 0 Å². The molecule has 0 amide bonds. The second-order valence-corrected chi connectivity index (χ2v) is 3.75. The minimum absolute atomic E-state index is 0.600. The first-order chi connectivity index (χ1) is 5.95. The summed E-state index contributed by atoms with van der Waals surface area (Å²) in [5.41, 5.74) is 1.52. The summed E-state index contributed by atoms with van der Waals surface area (Å²) in [4.78, 5) is 10.5. The van der Waals surface area contributed by atoms with Crippen LogP contribution in [0.15, 0.2) is 18.2 Å². The van der Waals surface area contributed by atoms with Gasteiger partial charge in [-0.1, -0.05) is 12.1 Å². The van der Waals surface area contributed by atoms with Crippen molar-refractivity contribution in [3.63, 3.8) is 0 Å². The molecule has 2 heteroatoms. The number of aliphatic hydroxyl groups is 1. The molecule has 0 unspecified atom stereocenters. The molecule has 1 aromatic carbocycles. The number of carbonyl (C=O) groups excluding carboxylic acids is 1. The number of aldehydes is 1. The van der Waals surface area contributed by atoms with E-state index in [0.717, 1.165) is 17.4 Å². The number of hydrogen-bond donors (Lipinski definition) is 1. The third kappa shape index (κ3) is 2.16. The van der Waals surface area contributed by atoms with E-state index in [1.165, 1.54) is 0 Å². The quantitative estimate of drug-likeness (QED) is 0.703. The zero-order valence-corrected chi connectivity index (χ0v) is 8.16. The first kappa shape index (κ1) is 9.93. The minimum atomic E-state index is -0.886. The van der Waals surface area contributed by atoms with Crippen molar-refractivity contribution in [2.45, 2.75) is 26.4 Å². The zero-order chi connectivity index (χ0) is 10.1. The van der Waals surface area contributed by atoms with Gasteiger partial charge in [0, 0.05) is 5.56 Å². The fourth-order valence-electron chi connectivity index (χ4n) is 1.37. The third-order valence-electron chi connectivity index (χ3n) is 2.06. The monoisotopic (exact) mass is 178 g/mol. The second-order valence-electron chi connectivity index (χ2n) is 3.75. The Bertz CT molecular complexity index is 321. The van der Waals surface area contributed by atoms with Crippen LogP contribution < -0.4 is 0 Å². The first-order valence-corrected chi connectivity index (χ1v) is 4.24. The number of benzene rings is 1. The van der Waals surface area contributed by atoms with Gasteiger partial charge < -0.3 is 5.11 Å². The Kier molecular flexibility index (Phi) is 2.52. The van der Waals surface area contributed by atoms with Crippen LogP contribution in [0.5, 0.6) is 0 Å². The van der Waals surface area contributed by atoms with Gasteiger partial charge in [0.2, 0.25) is 0 Å². The van der Waals surface area contributed by atoms with Gasteiger partial charge in [0.05, 0.1) is 5.60 Å².